The molecule has 0 aliphatic heterocycles. The molecular formula is C10H12ClN3O4. The second-order valence-electron chi connectivity index (χ2n) is 3.37. The molecule has 2 N–H and O–H groups in total. The zero-order chi connectivity index (χ0) is 13.5. The van der Waals surface area contributed by atoms with Crippen LogP contribution in [0.4, 0.5) is 0 Å². The fraction of sp³-hybridized carbons (Fsp3) is 0.400. The van der Waals surface area contributed by atoms with E-state index in [1.165, 1.54) is 19.5 Å². The molecule has 0 saturated carbocycles. The Bertz CT molecular complexity index is 424. The Morgan fingerprint density at radius 1 is 1.50 bits per heavy atom. The van der Waals surface area contributed by atoms with Gasteiger partial charge in [-0.05, 0) is 0 Å². The van der Waals surface area contributed by atoms with E-state index in [1.54, 1.807) is 0 Å². The number of carbonyl (C=O) groups excluding carboxylic acids is 1. The molecule has 0 aromatic carbocycles. The van der Waals surface area contributed by atoms with Crippen molar-refractivity contribution in [2.75, 3.05) is 13.7 Å². The van der Waals surface area contributed by atoms with Crippen LogP contribution in [0.3, 0.4) is 0 Å². The van der Waals surface area contributed by atoms with Crippen LogP contribution in [0.25, 0.3) is 0 Å². The summed E-state index contributed by atoms with van der Waals surface area (Å²) in [6.07, 6.45) is 2.55. The van der Waals surface area contributed by atoms with Crippen LogP contribution >= 0.6 is 11.6 Å². The Hall–Kier alpha value is -1.73. The zero-order valence-electron chi connectivity index (χ0n) is 9.59. The van der Waals surface area contributed by atoms with Crippen LogP contribution in [0.1, 0.15) is 16.9 Å². The summed E-state index contributed by atoms with van der Waals surface area (Å²) in [5.74, 6) is -1.76. The number of aliphatic carboxylic acids is 1. The van der Waals surface area contributed by atoms with Crippen molar-refractivity contribution in [2.45, 2.75) is 12.5 Å². The zero-order valence-corrected chi connectivity index (χ0v) is 10.3. The molecule has 1 aromatic rings. The maximum atomic E-state index is 11.7. The third-order valence-corrected chi connectivity index (χ3v) is 2.26. The Balaban J connectivity index is 2.66. The predicted octanol–water partition coefficient (Wildman–Crippen LogP) is 0.349. The van der Waals surface area contributed by atoms with Gasteiger partial charge in [-0.2, -0.15) is 0 Å². The summed E-state index contributed by atoms with van der Waals surface area (Å²) >= 11 is 5.53. The van der Waals surface area contributed by atoms with E-state index in [4.69, 9.17) is 21.4 Å². The van der Waals surface area contributed by atoms with E-state index >= 15 is 0 Å². The minimum absolute atomic E-state index is 0.00284. The fourth-order valence-corrected chi connectivity index (χ4v) is 1.25. The third kappa shape index (κ3) is 4.27. The monoisotopic (exact) mass is 273 g/mol. The van der Waals surface area contributed by atoms with Gasteiger partial charge in [-0.3, -0.25) is 4.79 Å². The van der Waals surface area contributed by atoms with Gasteiger partial charge in [0.1, 0.15) is 16.9 Å². The number of aromatic nitrogens is 2. The van der Waals surface area contributed by atoms with Crippen LogP contribution in [0.5, 0.6) is 0 Å². The molecule has 1 heterocycles. The highest BCUT2D eigenvalue weighted by atomic mass is 35.5. The van der Waals surface area contributed by atoms with Crippen LogP contribution in [0.2, 0.25) is 5.15 Å². The van der Waals surface area contributed by atoms with Gasteiger partial charge in [0, 0.05) is 20.1 Å². The van der Waals surface area contributed by atoms with Gasteiger partial charge >= 0.3 is 5.97 Å². The maximum Gasteiger partial charge on any atom is 0.326 e. The lowest BCUT2D eigenvalue weighted by atomic mass is 10.2. The third-order valence-electron chi connectivity index (χ3n) is 2.07. The summed E-state index contributed by atoms with van der Waals surface area (Å²) in [6, 6.07) is -1.03. The Kier molecular flexibility index (Phi) is 5.47. The second kappa shape index (κ2) is 6.87. The van der Waals surface area contributed by atoms with Gasteiger partial charge in [-0.25, -0.2) is 14.8 Å². The first kappa shape index (κ1) is 14.3. The number of carboxylic acids is 1. The van der Waals surface area contributed by atoms with Crippen molar-refractivity contribution in [3.05, 3.63) is 23.2 Å². The number of halogens is 1. The minimum Gasteiger partial charge on any atom is -0.480 e. The van der Waals surface area contributed by atoms with Gasteiger partial charge in [0.05, 0.1) is 12.4 Å². The van der Waals surface area contributed by atoms with Crippen molar-refractivity contribution in [3.8, 4) is 0 Å². The quantitative estimate of drug-likeness (QED) is 0.775. The van der Waals surface area contributed by atoms with E-state index in [0.29, 0.717) is 0 Å². The number of hydrogen-bond donors (Lipinski definition) is 2. The Labute approximate surface area is 108 Å². The van der Waals surface area contributed by atoms with E-state index in [1.807, 2.05) is 0 Å². The summed E-state index contributed by atoms with van der Waals surface area (Å²) in [4.78, 5) is 30.0. The number of amides is 1. The molecule has 0 bridgehead atoms. The lowest BCUT2D eigenvalue weighted by molar-refractivity contribution is -0.139. The summed E-state index contributed by atoms with van der Waals surface area (Å²) in [5, 5.41) is 11.4. The van der Waals surface area contributed by atoms with Crippen molar-refractivity contribution in [3.63, 3.8) is 0 Å². The first-order valence-electron chi connectivity index (χ1n) is 5.04. The SMILES string of the molecule is COCCC(NC(=O)c1cnc(Cl)cn1)C(=O)O. The summed E-state index contributed by atoms with van der Waals surface area (Å²) < 4.78 is 4.77. The number of nitrogens with one attached hydrogen (secondary N) is 1. The molecule has 8 heteroatoms. The molecule has 1 rings (SSSR count). The normalized spacial score (nSPS) is 11.9. The number of carbonyl (C=O) groups is 2. The first-order valence-corrected chi connectivity index (χ1v) is 5.42. The smallest absolute Gasteiger partial charge is 0.326 e. The number of ether oxygens (including phenoxy) is 1. The van der Waals surface area contributed by atoms with Gasteiger partial charge in [0.2, 0.25) is 0 Å². The number of rotatable bonds is 6. The second-order valence-corrected chi connectivity index (χ2v) is 3.76. The molecule has 0 spiro atoms. The van der Waals surface area contributed by atoms with Gasteiger partial charge in [-0.15, -0.1) is 0 Å². The molecule has 1 amide bonds. The predicted molar refractivity (Wildman–Crippen MR) is 62.4 cm³/mol. The van der Waals surface area contributed by atoms with E-state index in [2.05, 4.69) is 15.3 Å². The van der Waals surface area contributed by atoms with E-state index in [9.17, 15) is 9.59 Å². The molecule has 1 unspecified atom stereocenters. The minimum atomic E-state index is -1.14. The molecule has 1 atom stereocenters. The highest BCUT2D eigenvalue weighted by molar-refractivity contribution is 6.29. The van der Waals surface area contributed by atoms with E-state index in [-0.39, 0.29) is 23.9 Å². The average molecular weight is 274 g/mol. The molecule has 98 valence electrons. The van der Waals surface area contributed by atoms with Crippen molar-refractivity contribution in [2.24, 2.45) is 0 Å². The first-order chi connectivity index (χ1) is 8.54. The van der Waals surface area contributed by atoms with Crippen LogP contribution in [0.15, 0.2) is 12.4 Å². The summed E-state index contributed by atoms with van der Waals surface area (Å²) in [7, 11) is 1.45. The van der Waals surface area contributed by atoms with Gasteiger partial charge in [-0.1, -0.05) is 11.6 Å². The maximum absolute atomic E-state index is 11.7. The molecule has 0 aliphatic carbocycles. The molecule has 0 saturated heterocycles. The molecule has 7 nitrogen and oxygen atoms in total. The lowest BCUT2D eigenvalue weighted by Gasteiger charge is -2.13. The molecule has 0 fully saturated rings. The van der Waals surface area contributed by atoms with Crippen molar-refractivity contribution >= 4 is 23.5 Å². The fourth-order valence-electron chi connectivity index (χ4n) is 1.15. The number of carboxylic acid groups (broad SMARTS) is 1. The Morgan fingerprint density at radius 2 is 2.22 bits per heavy atom. The average Bonchev–Trinajstić information content (AvgIpc) is 2.34. The summed E-state index contributed by atoms with van der Waals surface area (Å²) in [6.45, 7) is 0.226. The highest BCUT2D eigenvalue weighted by Crippen LogP contribution is 2.02. The van der Waals surface area contributed by atoms with Crippen LogP contribution < -0.4 is 5.32 Å². The van der Waals surface area contributed by atoms with Crippen molar-refractivity contribution in [1.82, 2.24) is 15.3 Å². The molecule has 18 heavy (non-hydrogen) atoms. The summed E-state index contributed by atoms with van der Waals surface area (Å²) in [5.41, 5.74) is 0.00284. The largest absolute Gasteiger partial charge is 0.480 e. The van der Waals surface area contributed by atoms with Crippen LogP contribution in [-0.4, -0.2) is 46.7 Å². The topological polar surface area (TPSA) is 101 Å². The van der Waals surface area contributed by atoms with E-state index < -0.39 is 17.9 Å². The van der Waals surface area contributed by atoms with Gasteiger partial charge in [0.15, 0.2) is 0 Å². The Morgan fingerprint density at radius 3 is 2.72 bits per heavy atom. The van der Waals surface area contributed by atoms with Crippen molar-refractivity contribution in [1.29, 1.82) is 0 Å². The number of methoxy groups -OCH3 is 1. The molecule has 0 aliphatic rings. The number of hydrogen-bond acceptors (Lipinski definition) is 5. The van der Waals surface area contributed by atoms with Crippen molar-refractivity contribution < 1.29 is 19.4 Å². The number of nitrogens with zero attached hydrogens (tertiary/aromatic N) is 2. The highest BCUT2D eigenvalue weighted by Gasteiger charge is 2.21. The molecular weight excluding hydrogens is 262 g/mol. The van der Waals surface area contributed by atoms with Crippen LogP contribution in [0, 0.1) is 0 Å². The molecule has 0 radical (unpaired) electrons. The van der Waals surface area contributed by atoms with Crippen LogP contribution in [-0.2, 0) is 9.53 Å². The van der Waals surface area contributed by atoms with E-state index in [0.717, 1.165) is 0 Å². The van der Waals surface area contributed by atoms with Gasteiger partial charge in [0.25, 0.3) is 5.91 Å². The lowest BCUT2D eigenvalue weighted by Crippen LogP contribution is -2.41. The molecule has 1 aromatic heterocycles. The standard InChI is InChI=1S/C10H12ClN3O4/c1-18-3-2-6(10(16)17)14-9(15)7-4-13-8(11)5-12-7/h4-6H,2-3H2,1H3,(H,14,15)(H,16,17). The van der Waals surface area contributed by atoms with Gasteiger partial charge < -0.3 is 15.2 Å².